The molecule has 6 nitrogen and oxygen atoms in total. The molecule has 2 N–H and O–H groups in total. The van der Waals surface area contributed by atoms with E-state index in [4.69, 9.17) is 4.74 Å². The summed E-state index contributed by atoms with van der Waals surface area (Å²) in [6, 6.07) is 13.1. The number of hydrogen-bond donors (Lipinski definition) is 2. The standard InChI is InChI=1S/C20H17BrFN3O3S/c21-14-5-3-4-13(10-14)19(26)23-8-9-24-20(27)16-12-29-18(25-16)11-28-17-7-2-1-6-15(17)22/h1-7,10,12H,8-9,11H2,(H,23,26)(H,24,27). The van der Waals surface area contributed by atoms with E-state index in [0.717, 1.165) is 4.47 Å². The van der Waals surface area contributed by atoms with Gasteiger partial charge in [0.2, 0.25) is 0 Å². The van der Waals surface area contributed by atoms with Gasteiger partial charge in [0.25, 0.3) is 11.8 Å². The Morgan fingerprint density at radius 1 is 1.07 bits per heavy atom. The fraction of sp³-hybridized carbons (Fsp3) is 0.150. The molecule has 2 aromatic carbocycles. The first kappa shape index (κ1) is 20.9. The lowest BCUT2D eigenvalue weighted by molar-refractivity contribution is 0.0925. The summed E-state index contributed by atoms with van der Waals surface area (Å²) in [5.74, 6) is -0.890. The van der Waals surface area contributed by atoms with Crippen LogP contribution in [0.2, 0.25) is 0 Å². The van der Waals surface area contributed by atoms with Crippen molar-refractivity contribution in [3.05, 3.63) is 80.5 Å². The molecule has 0 saturated heterocycles. The number of amides is 2. The summed E-state index contributed by atoms with van der Waals surface area (Å²) in [7, 11) is 0. The van der Waals surface area contributed by atoms with Gasteiger partial charge in [-0.05, 0) is 30.3 Å². The summed E-state index contributed by atoms with van der Waals surface area (Å²) in [4.78, 5) is 28.4. The summed E-state index contributed by atoms with van der Waals surface area (Å²) < 4.78 is 19.7. The molecule has 2 amide bonds. The molecule has 0 atom stereocenters. The van der Waals surface area contributed by atoms with Crippen molar-refractivity contribution in [2.24, 2.45) is 0 Å². The van der Waals surface area contributed by atoms with Crippen LogP contribution in [0.5, 0.6) is 5.75 Å². The zero-order valence-corrected chi connectivity index (χ0v) is 17.6. The van der Waals surface area contributed by atoms with E-state index in [9.17, 15) is 14.0 Å². The number of thiazole rings is 1. The Balaban J connectivity index is 1.42. The van der Waals surface area contributed by atoms with Gasteiger partial charge in [-0.3, -0.25) is 9.59 Å². The number of para-hydroxylation sites is 1. The maximum Gasteiger partial charge on any atom is 0.270 e. The normalized spacial score (nSPS) is 10.4. The van der Waals surface area contributed by atoms with Crippen LogP contribution in [-0.2, 0) is 6.61 Å². The van der Waals surface area contributed by atoms with Gasteiger partial charge in [0.15, 0.2) is 11.6 Å². The summed E-state index contributed by atoms with van der Waals surface area (Å²) in [6.07, 6.45) is 0. The zero-order valence-electron chi connectivity index (χ0n) is 15.2. The van der Waals surface area contributed by atoms with E-state index in [1.807, 2.05) is 6.07 Å². The quantitative estimate of drug-likeness (QED) is 0.483. The number of benzene rings is 2. The Morgan fingerprint density at radius 2 is 1.83 bits per heavy atom. The minimum absolute atomic E-state index is 0.0710. The molecule has 0 bridgehead atoms. The monoisotopic (exact) mass is 477 g/mol. The molecule has 0 radical (unpaired) electrons. The van der Waals surface area contributed by atoms with Crippen molar-refractivity contribution in [3.8, 4) is 5.75 Å². The number of nitrogens with zero attached hydrogens (tertiary/aromatic N) is 1. The number of carbonyl (C=O) groups excluding carboxylic acids is 2. The predicted molar refractivity (Wildman–Crippen MR) is 112 cm³/mol. The molecule has 0 unspecified atom stereocenters. The number of nitrogens with one attached hydrogen (secondary N) is 2. The van der Waals surface area contributed by atoms with Crippen molar-refractivity contribution in [2.75, 3.05) is 13.1 Å². The summed E-state index contributed by atoms with van der Waals surface area (Å²) in [5.41, 5.74) is 0.783. The lowest BCUT2D eigenvalue weighted by Gasteiger charge is -2.06. The third-order valence-electron chi connectivity index (χ3n) is 3.76. The highest BCUT2D eigenvalue weighted by Crippen LogP contribution is 2.18. The van der Waals surface area contributed by atoms with Gasteiger partial charge in [-0.1, -0.05) is 34.1 Å². The lowest BCUT2D eigenvalue weighted by atomic mass is 10.2. The SMILES string of the molecule is O=C(NCCNC(=O)c1csc(COc2ccccc2F)n1)c1cccc(Br)c1. The third kappa shape index (κ3) is 6.10. The number of rotatable bonds is 8. The van der Waals surface area contributed by atoms with Crippen molar-refractivity contribution in [3.63, 3.8) is 0 Å². The molecule has 3 aromatic rings. The molecular formula is C20H17BrFN3O3S. The molecule has 150 valence electrons. The molecule has 0 aliphatic rings. The van der Waals surface area contributed by atoms with Gasteiger partial charge in [-0.2, -0.15) is 0 Å². The zero-order chi connectivity index (χ0) is 20.6. The predicted octanol–water partition coefficient (Wildman–Crippen LogP) is 3.78. The van der Waals surface area contributed by atoms with E-state index < -0.39 is 5.82 Å². The molecule has 0 spiro atoms. The smallest absolute Gasteiger partial charge is 0.270 e. The Kier molecular flexibility index (Phi) is 7.31. The lowest BCUT2D eigenvalue weighted by Crippen LogP contribution is -2.34. The van der Waals surface area contributed by atoms with Crippen LogP contribution < -0.4 is 15.4 Å². The van der Waals surface area contributed by atoms with Crippen LogP contribution in [0.25, 0.3) is 0 Å². The first-order chi connectivity index (χ1) is 14.0. The second-order valence-electron chi connectivity index (χ2n) is 5.87. The Morgan fingerprint density at radius 3 is 2.59 bits per heavy atom. The van der Waals surface area contributed by atoms with Crippen molar-refractivity contribution < 1.29 is 18.7 Å². The minimum atomic E-state index is -0.452. The van der Waals surface area contributed by atoms with Crippen LogP contribution in [0.3, 0.4) is 0 Å². The number of ether oxygens (including phenoxy) is 1. The van der Waals surface area contributed by atoms with Gasteiger partial charge in [-0.15, -0.1) is 11.3 Å². The van der Waals surface area contributed by atoms with E-state index in [1.165, 1.54) is 23.5 Å². The molecule has 0 aliphatic carbocycles. The van der Waals surface area contributed by atoms with Crippen molar-refractivity contribution in [1.29, 1.82) is 0 Å². The minimum Gasteiger partial charge on any atom is -0.483 e. The molecule has 9 heteroatoms. The number of carbonyl (C=O) groups is 2. The number of aromatic nitrogens is 1. The highest BCUT2D eigenvalue weighted by Gasteiger charge is 2.12. The van der Waals surface area contributed by atoms with Crippen molar-refractivity contribution in [1.82, 2.24) is 15.6 Å². The van der Waals surface area contributed by atoms with E-state index in [2.05, 4.69) is 31.5 Å². The van der Waals surface area contributed by atoms with Gasteiger partial charge in [0.05, 0.1) is 0 Å². The molecule has 3 rings (SSSR count). The van der Waals surface area contributed by atoms with Gasteiger partial charge in [-0.25, -0.2) is 9.37 Å². The van der Waals surface area contributed by atoms with Crippen LogP contribution in [0.4, 0.5) is 4.39 Å². The van der Waals surface area contributed by atoms with Gasteiger partial charge in [0, 0.05) is 28.5 Å². The molecule has 1 aromatic heterocycles. The Labute approximate surface area is 179 Å². The van der Waals surface area contributed by atoms with E-state index in [0.29, 0.717) is 10.6 Å². The number of hydrogen-bond acceptors (Lipinski definition) is 5. The second-order valence-corrected chi connectivity index (χ2v) is 7.73. The molecular weight excluding hydrogens is 461 g/mol. The van der Waals surface area contributed by atoms with Crippen molar-refractivity contribution in [2.45, 2.75) is 6.61 Å². The molecule has 1 heterocycles. The topological polar surface area (TPSA) is 80.3 Å². The highest BCUT2D eigenvalue weighted by atomic mass is 79.9. The average Bonchev–Trinajstić information content (AvgIpc) is 3.19. The van der Waals surface area contributed by atoms with E-state index >= 15 is 0 Å². The average molecular weight is 478 g/mol. The van der Waals surface area contributed by atoms with Crippen LogP contribution in [-0.4, -0.2) is 29.9 Å². The maximum atomic E-state index is 13.5. The third-order valence-corrected chi connectivity index (χ3v) is 5.07. The fourth-order valence-electron chi connectivity index (χ4n) is 2.36. The van der Waals surface area contributed by atoms with Gasteiger partial charge >= 0.3 is 0 Å². The summed E-state index contributed by atoms with van der Waals surface area (Å²) in [6.45, 7) is 0.614. The summed E-state index contributed by atoms with van der Waals surface area (Å²) in [5, 5.41) is 7.59. The van der Waals surface area contributed by atoms with Crippen molar-refractivity contribution >= 4 is 39.1 Å². The van der Waals surface area contributed by atoms with Crippen LogP contribution >= 0.6 is 27.3 Å². The number of halogens is 2. The first-order valence-corrected chi connectivity index (χ1v) is 10.3. The van der Waals surface area contributed by atoms with Crippen LogP contribution in [0, 0.1) is 5.82 Å². The second kappa shape index (κ2) is 10.1. The highest BCUT2D eigenvalue weighted by molar-refractivity contribution is 9.10. The molecule has 0 aliphatic heterocycles. The first-order valence-electron chi connectivity index (χ1n) is 8.66. The van der Waals surface area contributed by atoms with Gasteiger partial charge in [0.1, 0.15) is 17.3 Å². The van der Waals surface area contributed by atoms with E-state index in [-0.39, 0.29) is 43.0 Å². The molecule has 29 heavy (non-hydrogen) atoms. The van der Waals surface area contributed by atoms with Crippen LogP contribution in [0.15, 0.2) is 58.4 Å². The van der Waals surface area contributed by atoms with E-state index in [1.54, 1.807) is 35.7 Å². The fourth-order valence-corrected chi connectivity index (χ4v) is 3.44. The molecule has 0 fully saturated rings. The Hall–Kier alpha value is -2.78. The van der Waals surface area contributed by atoms with Gasteiger partial charge < -0.3 is 15.4 Å². The van der Waals surface area contributed by atoms with Crippen LogP contribution in [0.1, 0.15) is 25.9 Å². The summed E-state index contributed by atoms with van der Waals surface area (Å²) >= 11 is 4.57. The molecule has 0 saturated carbocycles. The Bertz CT molecular complexity index is 1010. The largest absolute Gasteiger partial charge is 0.483 e. The maximum absolute atomic E-state index is 13.5.